The molecule has 0 rings (SSSR count). The van der Waals surface area contributed by atoms with Crippen LogP contribution in [0.15, 0.2) is 24.5 Å². The Bertz CT molecular complexity index is 118. The summed E-state index contributed by atoms with van der Waals surface area (Å²) in [5.74, 6) is 5.67. The lowest BCUT2D eigenvalue weighted by molar-refractivity contribution is -0.0929. The predicted molar refractivity (Wildman–Crippen MR) is 37.0 cm³/mol. The van der Waals surface area contributed by atoms with Crippen LogP contribution in [0, 0.1) is 0 Å². The lowest BCUT2D eigenvalue weighted by Crippen LogP contribution is -2.25. The van der Waals surface area contributed by atoms with Crippen LogP contribution in [-0.4, -0.2) is 12.2 Å². The minimum absolute atomic E-state index is 0.530. The second kappa shape index (κ2) is 4.12. The lowest BCUT2D eigenvalue weighted by Gasteiger charge is -2.09. The molecule has 0 aliphatic carbocycles. The van der Waals surface area contributed by atoms with Crippen molar-refractivity contribution in [3.05, 3.63) is 24.5 Å². The predicted octanol–water partition coefficient (Wildman–Crippen LogP) is 0.813. The van der Waals surface area contributed by atoms with Gasteiger partial charge in [-0.05, 0) is 13.0 Å². The van der Waals surface area contributed by atoms with Gasteiger partial charge in [0.1, 0.15) is 5.76 Å². The van der Waals surface area contributed by atoms with Gasteiger partial charge in [-0.25, -0.2) is 5.84 Å². The first-order valence-corrected chi connectivity index (χ1v) is 2.65. The van der Waals surface area contributed by atoms with Crippen molar-refractivity contribution >= 4 is 0 Å². The van der Waals surface area contributed by atoms with Gasteiger partial charge in [-0.15, -0.1) is 0 Å². The van der Waals surface area contributed by atoms with Crippen LogP contribution < -0.4 is 5.84 Å². The van der Waals surface area contributed by atoms with E-state index < -0.39 is 0 Å². The molecule has 0 aromatic heterocycles. The molecular formula is C6H12N2O. The number of hydrogen-bond acceptors (Lipinski definition) is 3. The molecule has 0 heterocycles. The van der Waals surface area contributed by atoms with Crippen molar-refractivity contribution in [3.8, 4) is 0 Å². The van der Waals surface area contributed by atoms with E-state index in [1.54, 1.807) is 13.1 Å². The molecule has 0 atom stereocenters. The fraction of sp³-hybridized carbons (Fsp3) is 0.333. The van der Waals surface area contributed by atoms with Crippen LogP contribution in [0.25, 0.3) is 0 Å². The summed E-state index contributed by atoms with van der Waals surface area (Å²) in [5, 5.41) is 1.10. The third kappa shape index (κ3) is 5.06. The maximum Gasteiger partial charge on any atom is 0.141 e. The highest BCUT2D eigenvalue weighted by Gasteiger charge is 1.88. The Morgan fingerprint density at radius 1 is 1.78 bits per heavy atom. The van der Waals surface area contributed by atoms with Crippen molar-refractivity contribution in [2.24, 2.45) is 5.84 Å². The van der Waals surface area contributed by atoms with E-state index in [-0.39, 0.29) is 0 Å². The normalized spacial score (nSPS) is 10.7. The Balaban J connectivity index is 3.51. The Labute approximate surface area is 55.3 Å². The standard InChI is InChI=1S/C6H12N2O/c1-4-5-6(2)9-8(3)7/h4-5H,2,7H2,1,3H3/b5-4-. The van der Waals surface area contributed by atoms with Crippen LogP contribution in [0.5, 0.6) is 0 Å². The molecular weight excluding hydrogens is 116 g/mol. The molecule has 0 saturated carbocycles. The molecule has 0 bridgehead atoms. The average Bonchev–Trinajstić information content (AvgIpc) is 1.63. The minimum atomic E-state index is 0.530. The molecule has 0 saturated heterocycles. The van der Waals surface area contributed by atoms with Crippen molar-refractivity contribution in [3.63, 3.8) is 0 Å². The van der Waals surface area contributed by atoms with Gasteiger partial charge in [-0.1, -0.05) is 17.8 Å². The number of allylic oxidation sites excluding steroid dienone is 2. The van der Waals surface area contributed by atoms with E-state index >= 15 is 0 Å². The summed E-state index contributed by atoms with van der Waals surface area (Å²) >= 11 is 0. The Morgan fingerprint density at radius 3 is 2.67 bits per heavy atom. The summed E-state index contributed by atoms with van der Waals surface area (Å²) in [6.45, 7) is 5.43. The van der Waals surface area contributed by atoms with Crippen LogP contribution in [0.4, 0.5) is 0 Å². The third-order valence-corrected chi connectivity index (χ3v) is 0.614. The van der Waals surface area contributed by atoms with Gasteiger partial charge in [0.05, 0.1) is 0 Å². The molecule has 0 spiro atoms. The number of nitrogens with two attached hydrogens (primary N) is 1. The van der Waals surface area contributed by atoms with Gasteiger partial charge < -0.3 is 4.84 Å². The summed E-state index contributed by atoms with van der Waals surface area (Å²) in [4.78, 5) is 4.82. The molecule has 0 aromatic carbocycles. The molecule has 0 radical (unpaired) electrons. The largest absolute Gasteiger partial charge is 0.392 e. The SMILES string of the molecule is C=C(/C=C\C)ON(C)N. The van der Waals surface area contributed by atoms with Crippen molar-refractivity contribution in [1.82, 2.24) is 5.17 Å². The van der Waals surface area contributed by atoms with Crippen molar-refractivity contribution in [1.29, 1.82) is 0 Å². The van der Waals surface area contributed by atoms with E-state index in [1.165, 1.54) is 0 Å². The number of hydrogen-bond donors (Lipinski definition) is 1. The summed E-state index contributed by atoms with van der Waals surface area (Å²) in [7, 11) is 1.59. The van der Waals surface area contributed by atoms with Gasteiger partial charge in [0.15, 0.2) is 0 Å². The first-order chi connectivity index (χ1) is 4.16. The first-order valence-electron chi connectivity index (χ1n) is 2.65. The number of nitrogens with zero attached hydrogens (tertiary/aromatic N) is 1. The van der Waals surface area contributed by atoms with Gasteiger partial charge in [0.2, 0.25) is 0 Å². The fourth-order valence-electron chi connectivity index (χ4n) is 0.401. The highest BCUT2D eigenvalue weighted by molar-refractivity contribution is 5.04. The van der Waals surface area contributed by atoms with Gasteiger partial charge >= 0.3 is 0 Å². The van der Waals surface area contributed by atoms with E-state index in [2.05, 4.69) is 6.58 Å². The second-order valence-corrected chi connectivity index (χ2v) is 1.60. The molecule has 0 aliphatic rings. The molecule has 0 aliphatic heterocycles. The zero-order valence-electron chi connectivity index (χ0n) is 5.79. The highest BCUT2D eigenvalue weighted by atomic mass is 16.7. The summed E-state index contributed by atoms with van der Waals surface area (Å²) in [6, 6.07) is 0. The number of hydrazine groups is 1. The summed E-state index contributed by atoms with van der Waals surface area (Å²) in [6.07, 6.45) is 3.55. The minimum Gasteiger partial charge on any atom is -0.392 e. The Morgan fingerprint density at radius 2 is 2.33 bits per heavy atom. The molecule has 3 heteroatoms. The van der Waals surface area contributed by atoms with Crippen molar-refractivity contribution in [2.45, 2.75) is 6.92 Å². The van der Waals surface area contributed by atoms with Crippen LogP contribution in [0.3, 0.4) is 0 Å². The molecule has 3 nitrogen and oxygen atoms in total. The number of hydroxylamine groups is 1. The molecule has 2 N–H and O–H groups in total. The van der Waals surface area contributed by atoms with Gasteiger partial charge in [0.25, 0.3) is 0 Å². The molecule has 0 amide bonds. The van der Waals surface area contributed by atoms with Crippen LogP contribution >= 0.6 is 0 Å². The summed E-state index contributed by atoms with van der Waals surface area (Å²) in [5.41, 5.74) is 0. The zero-order valence-corrected chi connectivity index (χ0v) is 5.79. The van der Waals surface area contributed by atoms with Gasteiger partial charge in [-0.3, -0.25) is 0 Å². The molecule has 0 fully saturated rings. The number of rotatable bonds is 3. The van der Waals surface area contributed by atoms with E-state index in [0.717, 1.165) is 5.17 Å². The monoisotopic (exact) mass is 128 g/mol. The average molecular weight is 128 g/mol. The quantitative estimate of drug-likeness (QED) is 0.264. The summed E-state index contributed by atoms with van der Waals surface area (Å²) < 4.78 is 0. The first kappa shape index (κ1) is 8.20. The molecule has 52 valence electrons. The molecule has 0 unspecified atom stereocenters. The maximum atomic E-state index is 5.14. The highest BCUT2D eigenvalue weighted by Crippen LogP contribution is 1.94. The van der Waals surface area contributed by atoms with Crippen LogP contribution in [0.2, 0.25) is 0 Å². The third-order valence-electron chi connectivity index (χ3n) is 0.614. The topological polar surface area (TPSA) is 38.5 Å². The van der Waals surface area contributed by atoms with E-state index in [0.29, 0.717) is 5.76 Å². The van der Waals surface area contributed by atoms with Crippen molar-refractivity contribution < 1.29 is 4.84 Å². The molecule has 9 heavy (non-hydrogen) atoms. The van der Waals surface area contributed by atoms with Gasteiger partial charge in [0, 0.05) is 7.05 Å². The lowest BCUT2D eigenvalue weighted by atomic mass is 10.5. The smallest absolute Gasteiger partial charge is 0.141 e. The van der Waals surface area contributed by atoms with E-state index in [9.17, 15) is 0 Å². The van der Waals surface area contributed by atoms with E-state index in [1.807, 2.05) is 13.0 Å². The second-order valence-electron chi connectivity index (χ2n) is 1.60. The van der Waals surface area contributed by atoms with Crippen molar-refractivity contribution in [2.75, 3.05) is 7.05 Å². The van der Waals surface area contributed by atoms with Gasteiger partial charge in [-0.2, -0.15) is 0 Å². The Hall–Kier alpha value is -0.800. The molecule has 0 aromatic rings. The van der Waals surface area contributed by atoms with E-state index in [4.69, 9.17) is 10.7 Å². The maximum absolute atomic E-state index is 5.14. The Kier molecular flexibility index (Phi) is 3.75. The zero-order chi connectivity index (χ0) is 7.28. The van der Waals surface area contributed by atoms with Crippen LogP contribution in [0.1, 0.15) is 6.92 Å². The van der Waals surface area contributed by atoms with Crippen LogP contribution in [-0.2, 0) is 4.84 Å². The fourth-order valence-corrected chi connectivity index (χ4v) is 0.401.